The summed E-state index contributed by atoms with van der Waals surface area (Å²) in [6.07, 6.45) is 0.444. The molecule has 132 valence electrons. The number of ether oxygens (including phenoxy) is 1. The van der Waals surface area contributed by atoms with Gasteiger partial charge in [0.2, 0.25) is 0 Å². The van der Waals surface area contributed by atoms with Crippen LogP contribution >= 0.6 is 0 Å². The molecule has 0 amide bonds. The first-order chi connectivity index (χ1) is 12.4. The van der Waals surface area contributed by atoms with E-state index in [-0.39, 0.29) is 17.7 Å². The largest absolute Gasteiger partial charge is 0.478 e. The number of carbonyl (C=O) groups excluding carboxylic acids is 1. The predicted octanol–water partition coefficient (Wildman–Crippen LogP) is 3.71. The Hall–Kier alpha value is -3.18. The molecule has 0 heterocycles. The molecule has 0 bridgehead atoms. The van der Waals surface area contributed by atoms with Crippen LogP contribution in [0.2, 0.25) is 0 Å². The molecule has 3 rings (SSSR count). The summed E-state index contributed by atoms with van der Waals surface area (Å²) in [5, 5.41) is 22.3. The van der Waals surface area contributed by atoms with Crippen molar-refractivity contribution < 1.29 is 24.5 Å². The van der Waals surface area contributed by atoms with Gasteiger partial charge in [0.15, 0.2) is 0 Å². The Morgan fingerprint density at radius 2 is 1.92 bits per heavy atom. The molecule has 0 saturated heterocycles. The standard InChI is InChI=1S/C21H18O5/c1-3-18(23)26-17-9-8-14-11-13-6-4-5-7-15(13)20(21(24)25)19(14)16(17)10-12(2)22/h3-9,11-12,22H,1,10H2,2H3,(H,24,25). The van der Waals surface area contributed by atoms with Crippen LogP contribution in [0.4, 0.5) is 0 Å². The van der Waals surface area contributed by atoms with Crippen LogP contribution in [0.5, 0.6) is 5.75 Å². The zero-order valence-corrected chi connectivity index (χ0v) is 14.2. The van der Waals surface area contributed by atoms with Gasteiger partial charge in [0, 0.05) is 23.4 Å². The molecule has 5 nitrogen and oxygen atoms in total. The van der Waals surface area contributed by atoms with Crippen molar-refractivity contribution in [3.05, 3.63) is 66.2 Å². The minimum absolute atomic E-state index is 0.130. The zero-order chi connectivity index (χ0) is 18.8. The summed E-state index contributed by atoms with van der Waals surface area (Å²) in [5.74, 6) is -1.50. The van der Waals surface area contributed by atoms with E-state index in [1.165, 1.54) is 0 Å². The van der Waals surface area contributed by atoms with Crippen LogP contribution in [-0.2, 0) is 11.2 Å². The molecule has 0 spiro atoms. The van der Waals surface area contributed by atoms with E-state index in [4.69, 9.17) is 4.74 Å². The average Bonchev–Trinajstić information content (AvgIpc) is 2.61. The summed E-state index contributed by atoms with van der Waals surface area (Å²) < 4.78 is 5.29. The number of esters is 1. The summed E-state index contributed by atoms with van der Waals surface area (Å²) in [7, 11) is 0. The minimum atomic E-state index is -1.08. The van der Waals surface area contributed by atoms with E-state index in [1.54, 1.807) is 31.2 Å². The smallest absolute Gasteiger partial charge is 0.336 e. The Morgan fingerprint density at radius 1 is 1.19 bits per heavy atom. The second-order valence-corrected chi connectivity index (χ2v) is 6.10. The molecule has 5 heteroatoms. The van der Waals surface area contributed by atoms with Crippen LogP contribution in [0.1, 0.15) is 22.8 Å². The third-order valence-electron chi connectivity index (χ3n) is 4.18. The Labute approximate surface area is 150 Å². The first kappa shape index (κ1) is 17.6. The van der Waals surface area contributed by atoms with Crippen molar-refractivity contribution in [3.8, 4) is 5.75 Å². The maximum Gasteiger partial charge on any atom is 0.336 e. The lowest BCUT2D eigenvalue weighted by molar-refractivity contribution is -0.129. The lowest BCUT2D eigenvalue weighted by Crippen LogP contribution is -2.12. The molecular weight excluding hydrogens is 332 g/mol. The zero-order valence-electron chi connectivity index (χ0n) is 14.2. The van der Waals surface area contributed by atoms with E-state index in [2.05, 4.69) is 6.58 Å². The van der Waals surface area contributed by atoms with E-state index in [0.29, 0.717) is 21.7 Å². The van der Waals surface area contributed by atoms with E-state index >= 15 is 0 Å². The molecule has 1 atom stereocenters. The van der Waals surface area contributed by atoms with Crippen LogP contribution in [0.15, 0.2) is 55.1 Å². The van der Waals surface area contributed by atoms with Gasteiger partial charge < -0.3 is 14.9 Å². The van der Waals surface area contributed by atoms with Crippen LogP contribution < -0.4 is 4.74 Å². The topological polar surface area (TPSA) is 83.8 Å². The number of carboxylic acids is 1. The van der Waals surface area contributed by atoms with E-state index in [1.807, 2.05) is 18.2 Å². The average molecular weight is 350 g/mol. The van der Waals surface area contributed by atoms with Gasteiger partial charge in [-0.05, 0) is 35.2 Å². The highest BCUT2D eigenvalue weighted by atomic mass is 16.5. The van der Waals surface area contributed by atoms with Gasteiger partial charge in [-0.1, -0.05) is 36.9 Å². The summed E-state index contributed by atoms with van der Waals surface area (Å²) in [4.78, 5) is 23.7. The normalized spacial score (nSPS) is 12.1. The van der Waals surface area contributed by atoms with E-state index in [9.17, 15) is 19.8 Å². The number of aromatic carboxylic acids is 1. The van der Waals surface area contributed by atoms with Gasteiger partial charge in [-0.3, -0.25) is 0 Å². The Balaban J connectivity index is 2.44. The number of benzene rings is 3. The fraction of sp³-hybridized carbons (Fsp3) is 0.143. The molecule has 0 fully saturated rings. The molecule has 3 aromatic rings. The van der Waals surface area contributed by atoms with Gasteiger partial charge >= 0.3 is 11.9 Å². The van der Waals surface area contributed by atoms with Gasteiger partial charge in [-0.25, -0.2) is 9.59 Å². The first-order valence-corrected chi connectivity index (χ1v) is 8.15. The highest BCUT2D eigenvalue weighted by molar-refractivity contribution is 6.17. The number of carboxylic acid groups (broad SMARTS) is 1. The predicted molar refractivity (Wildman–Crippen MR) is 99.6 cm³/mol. The minimum Gasteiger partial charge on any atom is -0.478 e. The second kappa shape index (κ2) is 6.98. The van der Waals surface area contributed by atoms with Crippen molar-refractivity contribution in [2.45, 2.75) is 19.4 Å². The van der Waals surface area contributed by atoms with E-state index in [0.717, 1.165) is 11.5 Å². The van der Waals surface area contributed by atoms with Crippen molar-refractivity contribution >= 4 is 33.5 Å². The third kappa shape index (κ3) is 3.17. The van der Waals surface area contributed by atoms with Crippen molar-refractivity contribution in [1.82, 2.24) is 0 Å². The van der Waals surface area contributed by atoms with Crippen molar-refractivity contribution in [1.29, 1.82) is 0 Å². The highest BCUT2D eigenvalue weighted by Gasteiger charge is 2.21. The van der Waals surface area contributed by atoms with Crippen molar-refractivity contribution in [2.24, 2.45) is 0 Å². The Morgan fingerprint density at radius 3 is 2.58 bits per heavy atom. The van der Waals surface area contributed by atoms with Gasteiger partial charge in [-0.2, -0.15) is 0 Å². The Bertz CT molecular complexity index is 1030. The molecule has 3 aromatic carbocycles. The molecule has 0 aliphatic rings. The lowest BCUT2D eigenvalue weighted by Gasteiger charge is -2.17. The Kier molecular flexibility index (Phi) is 4.73. The third-order valence-corrected chi connectivity index (χ3v) is 4.18. The summed E-state index contributed by atoms with van der Waals surface area (Å²) in [6.45, 7) is 4.98. The SMILES string of the molecule is C=CC(=O)Oc1ccc2cc3ccccc3c(C(=O)O)c2c1CC(C)O. The number of rotatable bonds is 5. The highest BCUT2D eigenvalue weighted by Crippen LogP contribution is 2.36. The molecule has 1 unspecified atom stereocenters. The van der Waals surface area contributed by atoms with Gasteiger partial charge in [-0.15, -0.1) is 0 Å². The fourth-order valence-electron chi connectivity index (χ4n) is 3.18. The molecular formula is C21H18O5. The number of carbonyl (C=O) groups is 2. The number of hydrogen-bond donors (Lipinski definition) is 2. The van der Waals surface area contributed by atoms with Crippen LogP contribution in [0.3, 0.4) is 0 Å². The summed E-state index contributed by atoms with van der Waals surface area (Å²) in [5.41, 5.74) is 0.612. The molecule has 0 saturated carbocycles. The van der Waals surface area contributed by atoms with Gasteiger partial charge in [0.1, 0.15) is 5.75 Å². The monoisotopic (exact) mass is 350 g/mol. The van der Waals surface area contributed by atoms with Crippen LogP contribution in [0.25, 0.3) is 21.5 Å². The maximum absolute atomic E-state index is 12.1. The molecule has 26 heavy (non-hydrogen) atoms. The summed E-state index contributed by atoms with van der Waals surface area (Å²) in [6, 6.07) is 12.4. The molecule has 0 aliphatic carbocycles. The van der Waals surface area contributed by atoms with Gasteiger partial charge in [0.05, 0.1) is 11.7 Å². The molecule has 2 N–H and O–H groups in total. The van der Waals surface area contributed by atoms with Crippen LogP contribution in [-0.4, -0.2) is 28.3 Å². The van der Waals surface area contributed by atoms with Gasteiger partial charge in [0.25, 0.3) is 0 Å². The molecule has 0 aliphatic heterocycles. The quantitative estimate of drug-likeness (QED) is 0.317. The first-order valence-electron chi connectivity index (χ1n) is 8.15. The maximum atomic E-state index is 12.1. The van der Waals surface area contributed by atoms with E-state index < -0.39 is 18.0 Å². The molecule has 0 aromatic heterocycles. The number of hydrogen-bond acceptors (Lipinski definition) is 4. The fourth-order valence-corrected chi connectivity index (χ4v) is 3.18. The lowest BCUT2D eigenvalue weighted by atomic mass is 9.91. The number of aliphatic hydroxyl groups is 1. The van der Waals surface area contributed by atoms with Crippen LogP contribution in [0, 0.1) is 0 Å². The second-order valence-electron chi connectivity index (χ2n) is 6.10. The number of aliphatic hydroxyl groups excluding tert-OH is 1. The molecule has 0 radical (unpaired) electrons. The number of fused-ring (bicyclic) bond motifs is 2. The van der Waals surface area contributed by atoms with Crippen molar-refractivity contribution in [3.63, 3.8) is 0 Å². The van der Waals surface area contributed by atoms with Crippen molar-refractivity contribution in [2.75, 3.05) is 0 Å². The summed E-state index contributed by atoms with van der Waals surface area (Å²) >= 11 is 0.